The number of nitro groups is 1. The zero-order chi connectivity index (χ0) is 22.1. The van der Waals surface area contributed by atoms with Gasteiger partial charge in [-0.1, -0.05) is 20.8 Å². The molecule has 2 aromatic heterocycles. The normalized spacial score (nSPS) is 16.0. The number of carbonyl (C=O) groups excluding carboxylic acids is 1. The van der Waals surface area contributed by atoms with Crippen molar-refractivity contribution in [3.05, 3.63) is 37.9 Å². The van der Waals surface area contributed by atoms with E-state index in [4.69, 9.17) is 0 Å². The second kappa shape index (κ2) is 8.56. The van der Waals surface area contributed by atoms with Gasteiger partial charge < -0.3 is 15.4 Å². The van der Waals surface area contributed by atoms with Crippen LogP contribution in [-0.4, -0.2) is 20.6 Å². The summed E-state index contributed by atoms with van der Waals surface area (Å²) in [6, 6.07) is 3.70. The van der Waals surface area contributed by atoms with Crippen molar-refractivity contribution < 1.29 is 9.72 Å². The monoisotopic (exact) mass is 429 g/mol. The van der Waals surface area contributed by atoms with Crippen molar-refractivity contribution in [1.82, 2.24) is 9.78 Å². The van der Waals surface area contributed by atoms with E-state index in [2.05, 4.69) is 37.3 Å². The first kappa shape index (κ1) is 22.0. The summed E-state index contributed by atoms with van der Waals surface area (Å²) >= 11 is 1.53. The van der Waals surface area contributed by atoms with E-state index in [1.165, 1.54) is 22.3 Å². The summed E-state index contributed by atoms with van der Waals surface area (Å²) in [6.45, 7) is 8.92. The number of nitrogens with zero attached hydrogens (tertiary/aromatic N) is 4. The van der Waals surface area contributed by atoms with E-state index in [0.717, 1.165) is 24.8 Å². The highest BCUT2D eigenvalue weighted by atomic mass is 32.1. The van der Waals surface area contributed by atoms with Gasteiger partial charge in [0.25, 0.3) is 0 Å². The minimum absolute atomic E-state index is 0.156. The number of anilines is 1. The lowest BCUT2D eigenvalue weighted by Crippen LogP contribution is -2.26. The lowest BCUT2D eigenvalue weighted by Gasteiger charge is -2.33. The number of aryl methyl sites for hydroxylation is 2. The number of carbonyl (C=O) groups is 1. The summed E-state index contributed by atoms with van der Waals surface area (Å²) in [6.07, 6.45) is 3.65. The number of amides is 1. The third kappa shape index (κ3) is 4.70. The zero-order valence-corrected chi connectivity index (χ0v) is 18.6. The molecule has 9 heteroatoms. The molecule has 2 aromatic rings. The molecule has 0 aromatic carbocycles. The van der Waals surface area contributed by atoms with E-state index < -0.39 is 4.92 Å². The quantitative estimate of drug-likeness (QED) is 0.532. The molecule has 2 heterocycles. The first-order chi connectivity index (χ1) is 14.1. The minimum Gasteiger partial charge on any atom is -0.358 e. The first-order valence-electron chi connectivity index (χ1n) is 10.1. The summed E-state index contributed by atoms with van der Waals surface area (Å²) < 4.78 is 1.54. The van der Waals surface area contributed by atoms with E-state index in [0.29, 0.717) is 35.1 Å². The fourth-order valence-corrected chi connectivity index (χ4v) is 5.21. The summed E-state index contributed by atoms with van der Waals surface area (Å²) in [7, 11) is 0. The largest absolute Gasteiger partial charge is 0.390 e. The molecule has 30 heavy (non-hydrogen) atoms. The summed E-state index contributed by atoms with van der Waals surface area (Å²) in [5, 5.41) is 27.9. The van der Waals surface area contributed by atoms with Crippen LogP contribution in [0.2, 0.25) is 0 Å². The average molecular weight is 430 g/mol. The SMILES string of the molecule is Cc1cc([N+](=O)[O-])nn1CCCC(=O)Nc1sc2c(c1C#N)CCC(C(C)(C)C)C2. The second-order valence-electron chi connectivity index (χ2n) is 8.90. The molecule has 1 amide bonds. The van der Waals surface area contributed by atoms with Gasteiger partial charge in [-0.2, -0.15) is 9.94 Å². The van der Waals surface area contributed by atoms with E-state index in [1.807, 2.05) is 0 Å². The van der Waals surface area contributed by atoms with Gasteiger partial charge in [-0.05, 0) is 54.4 Å². The summed E-state index contributed by atoms with van der Waals surface area (Å²) in [5.74, 6) is 0.227. The van der Waals surface area contributed by atoms with Crippen molar-refractivity contribution in [2.45, 2.75) is 66.3 Å². The molecule has 160 valence electrons. The van der Waals surface area contributed by atoms with Crippen molar-refractivity contribution in [3.63, 3.8) is 0 Å². The smallest absolute Gasteiger partial charge is 0.358 e. The van der Waals surface area contributed by atoms with E-state index in [-0.39, 0.29) is 23.6 Å². The molecular weight excluding hydrogens is 402 g/mol. The number of nitriles is 1. The molecule has 0 radical (unpaired) electrons. The van der Waals surface area contributed by atoms with Crippen LogP contribution in [-0.2, 0) is 24.2 Å². The van der Waals surface area contributed by atoms with Gasteiger partial charge in [0.05, 0.1) is 29.0 Å². The number of fused-ring (bicyclic) bond motifs is 1. The van der Waals surface area contributed by atoms with Crippen LogP contribution in [0.3, 0.4) is 0 Å². The first-order valence-corrected chi connectivity index (χ1v) is 10.9. The van der Waals surface area contributed by atoms with Crippen LogP contribution in [0.1, 0.15) is 61.7 Å². The topological polar surface area (TPSA) is 114 Å². The average Bonchev–Trinajstić information content (AvgIpc) is 3.20. The van der Waals surface area contributed by atoms with Crippen LogP contribution in [0, 0.1) is 39.7 Å². The van der Waals surface area contributed by atoms with Gasteiger partial charge in [0.2, 0.25) is 5.91 Å². The fraction of sp³-hybridized carbons (Fsp3) is 0.571. The Kier molecular flexibility index (Phi) is 6.27. The van der Waals surface area contributed by atoms with Crippen LogP contribution in [0.5, 0.6) is 0 Å². The highest BCUT2D eigenvalue weighted by Crippen LogP contribution is 2.44. The van der Waals surface area contributed by atoms with Crippen molar-refractivity contribution >= 4 is 28.1 Å². The third-order valence-corrected chi connectivity index (χ3v) is 6.95. The maximum absolute atomic E-state index is 12.5. The standard InChI is InChI=1S/C21H27N5O3S/c1-13-10-18(26(28)29)24-25(13)9-5-6-19(27)23-20-16(12-22)15-8-7-14(21(2,3)4)11-17(15)30-20/h10,14H,5-9,11H2,1-4H3,(H,23,27). The fourth-order valence-electron chi connectivity index (χ4n) is 3.92. The Bertz CT molecular complexity index is 1010. The van der Waals surface area contributed by atoms with Crippen LogP contribution in [0.15, 0.2) is 6.07 Å². The second-order valence-corrected chi connectivity index (χ2v) is 10.0. The van der Waals surface area contributed by atoms with Gasteiger partial charge in [0.1, 0.15) is 11.1 Å². The lowest BCUT2D eigenvalue weighted by molar-refractivity contribution is -0.389. The van der Waals surface area contributed by atoms with Gasteiger partial charge in [-0.3, -0.25) is 4.79 Å². The van der Waals surface area contributed by atoms with Gasteiger partial charge in [-0.15, -0.1) is 11.3 Å². The Balaban J connectivity index is 1.61. The molecule has 0 saturated carbocycles. The minimum atomic E-state index is -0.525. The van der Waals surface area contributed by atoms with Crippen molar-refractivity contribution in [2.75, 3.05) is 5.32 Å². The highest BCUT2D eigenvalue weighted by Gasteiger charge is 2.32. The Hall–Kier alpha value is -2.73. The van der Waals surface area contributed by atoms with Crippen molar-refractivity contribution in [3.8, 4) is 6.07 Å². The third-order valence-electron chi connectivity index (χ3n) is 5.78. The molecule has 1 aliphatic rings. The highest BCUT2D eigenvalue weighted by molar-refractivity contribution is 7.16. The van der Waals surface area contributed by atoms with E-state index >= 15 is 0 Å². The van der Waals surface area contributed by atoms with E-state index in [9.17, 15) is 20.2 Å². The number of hydrogen-bond donors (Lipinski definition) is 1. The van der Waals surface area contributed by atoms with Gasteiger partial charge in [0.15, 0.2) is 0 Å². The number of rotatable bonds is 6. The Morgan fingerprint density at radius 3 is 2.83 bits per heavy atom. The number of thiophene rings is 1. The molecule has 0 saturated heterocycles. The molecule has 8 nitrogen and oxygen atoms in total. The molecule has 1 atom stereocenters. The molecule has 1 aliphatic carbocycles. The maximum Gasteiger partial charge on any atom is 0.390 e. The summed E-state index contributed by atoms with van der Waals surface area (Å²) in [4.78, 5) is 24.0. The summed E-state index contributed by atoms with van der Waals surface area (Å²) in [5.41, 5.74) is 2.61. The van der Waals surface area contributed by atoms with Gasteiger partial charge >= 0.3 is 5.82 Å². The molecule has 0 bridgehead atoms. The van der Waals surface area contributed by atoms with Crippen LogP contribution < -0.4 is 5.32 Å². The number of aromatic nitrogens is 2. The Labute approximate surface area is 180 Å². The van der Waals surface area contributed by atoms with Crippen molar-refractivity contribution in [1.29, 1.82) is 5.26 Å². The molecule has 1 unspecified atom stereocenters. The Morgan fingerprint density at radius 2 is 2.23 bits per heavy atom. The van der Waals surface area contributed by atoms with Crippen LogP contribution in [0.25, 0.3) is 0 Å². The predicted octanol–water partition coefficient (Wildman–Crippen LogP) is 4.60. The van der Waals surface area contributed by atoms with Crippen LogP contribution in [0.4, 0.5) is 10.8 Å². The molecule has 3 rings (SSSR count). The molecule has 0 spiro atoms. The number of hydrogen-bond acceptors (Lipinski definition) is 6. The lowest BCUT2D eigenvalue weighted by atomic mass is 9.72. The maximum atomic E-state index is 12.5. The zero-order valence-electron chi connectivity index (χ0n) is 17.8. The predicted molar refractivity (Wildman–Crippen MR) is 115 cm³/mol. The van der Waals surface area contributed by atoms with Crippen LogP contribution >= 0.6 is 11.3 Å². The molecule has 0 fully saturated rings. The molecule has 1 N–H and O–H groups in total. The van der Waals surface area contributed by atoms with Gasteiger partial charge in [-0.25, -0.2) is 0 Å². The molecule has 0 aliphatic heterocycles. The van der Waals surface area contributed by atoms with Gasteiger partial charge in [0, 0.05) is 11.3 Å². The number of nitrogens with one attached hydrogen (secondary N) is 1. The van der Waals surface area contributed by atoms with E-state index in [1.54, 1.807) is 11.6 Å². The molecular formula is C21H27N5O3S. The Morgan fingerprint density at radius 1 is 1.50 bits per heavy atom. The van der Waals surface area contributed by atoms with Crippen molar-refractivity contribution in [2.24, 2.45) is 11.3 Å².